The Hall–Kier alpha value is -0.870. The lowest BCUT2D eigenvalue weighted by atomic mass is 9.96. The molecule has 100 valence electrons. The van der Waals surface area contributed by atoms with E-state index in [0.717, 1.165) is 0 Å². The molecule has 1 aliphatic carbocycles. The van der Waals surface area contributed by atoms with Crippen LogP contribution in [0.3, 0.4) is 0 Å². The minimum Gasteiger partial charge on any atom is -0.347 e. The third kappa shape index (κ3) is 3.12. The summed E-state index contributed by atoms with van der Waals surface area (Å²) in [5.74, 6) is 0.708. The minimum absolute atomic E-state index is 0.0998. The van der Waals surface area contributed by atoms with E-state index in [4.69, 9.17) is 0 Å². The van der Waals surface area contributed by atoms with Crippen molar-refractivity contribution in [1.82, 2.24) is 10.6 Å². The highest BCUT2D eigenvalue weighted by molar-refractivity contribution is 7.10. The molecule has 2 N–H and O–H groups in total. The molecule has 18 heavy (non-hydrogen) atoms. The van der Waals surface area contributed by atoms with Crippen LogP contribution in [0.2, 0.25) is 0 Å². The maximum atomic E-state index is 12.1. The molecule has 3 nitrogen and oxygen atoms in total. The number of carbonyl (C=O) groups is 1. The topological polar surface area (TPSA) is 41.1 Å². The van der Waals surface area contributed by atoms with E-state index in [1.807, 2.05) is 14.0 Å². The zero-order valence-electron chi connectivity index (χ0n) is 11.1. The maximum Gasteiger partial charge on any atom is 0.237 e. The van der Waals surface area contributed by atoms with Crippen LogP contribution in [0.4, 0.5) is 0 Å². The Morgan fingerprint density at radius 2 is 2.17 bits per heavy atom. The van der Waals surface area contributed by atoms with Crippen LogP contribution in [0.1, 0.15) is 43.5 Å². The highest BCUT2D eigenvalue weighted by Gasteiger charge is 2.29. The highest BCUT2D eigenvalue weighted by atomic mass is 32.1. The molecule has 1 aromatic rings. The van der Waals surface area contributed by atoms with Crippen LogP contribution >= 0.6 is 11.3 Å². The maximum absolute atomic E-state index is 12.1. The molecule has 1 aromatic heterocycles. The summed E-state index contributed by atoms with van der Waals surface area (Å²) >= 11 is 1.74. The van der Waals surface area contributed by atoms with Gasteiger partial charge >= 0.3 is 0 Å². The summed E-state index contributed by atoms with van der Waals surface area (Å²) in [7, 11) is 1.82. The lowest BCUT2D eigenvalue weighted by Gasteiger charge is -2.25. The summed E-state index contributed by atoms with van der Waals surface area (Å²) in [4.78, 5) is 13.4. The molecule has 2 atom stereocenters. The van der Waals surface area contributed by atoms with Crippen molar-refractivity contribution in [2.45, 2.75) is 44.7 Å². The molecule has 1 saturated carbocycles. The molecule has 1 fully saturated rings. The standard InChI is InChI=1S/C14H22N2OS/c1-10(15-2)14(17)16-13(11-6-3-4-7-11)12-8-5-9-18-12/h5,8-11,13,15H,3-4,6-7H2,1-2H3,(H,16,17). The molecule has 0 bridgehead atoms. The van der Waals surface area contributed by atoms with Crippen LogP contribution in [-0.4, -0.2) is 19.0 Å². The number of amides is 1. The predicted molar refractivity (Wildman–Crippen MR) is 75.7 cm³/mol. The quantitative estimate of drug-likeness (QED) is 0.860. The van der Waals surface area contributed by atoms with Crippen molar-refractivity contribution in [3.63, 3.8) is 0 Å². The van der Waals surface area contributed by atoms with E-state index in [1.54, 1.807) is 11.3 Å². The zero-order valence-corrected chi connectivity index (χ0v) is 11.9. The number of hydrogen-bond donors (Lipinski definition) is 2. The van der Waals surface area contributed by atoms with Gasteiger partial charge < -0.3 is 10.6 Å². The Bertz CT molecular complexity index is 371. The summed E-state index contributed by atoms with van der Waals surface area (Å²) < 4.78 is 0. The van der Waals surface area contributed by atoms with E-state index in [9.17, 15) is 4.79 Å². The first kappa shape index (κ1) is 13.6. The molecule has 0 saturated heterocycles. The number of rotatable bonds is 5. The van der Waals surface area contributed by atoms with Crippen LogP contribution in [0, 0.1) is 5.92 Å². The van der Waals surface area contributed by atoms with Crippen LogP contribution in [0.25, 0.3) is 0 Å². The van der Waals surface area contributed by atoms with Gasteiger partial charge in [-0.05, 0) is 44.2 Å². The van der Waals surface area contributed by atoms with Crippen molar-refractivity contribution in [3.8, 4) is 0 Å². The normalized spacial score (nSPS) is 19.7. The average molecular weight is 266 g/mol. The molecule has 2 unspecified atom stereocenters. The summed E-state index contributed by atoms with van der Waals surface area (Å²) in [5, 5.41) is 8.31. The lowest BCUT2D eigenvalue weighted by Crippen LogP contribution is -2.43. The zero-order chi connectivity index (χ0) is 13.0. The van der Waals surface area contributed by atoms with Crippen LogP contribution < -0.4 is 10.6 Å². The molecule has 1 aliphatic rings. The first-order valence-electron chi connectivity index (χ1n) is 6.73. The van der Waals surface area contributed by atoms with Crippen LogP contribution in [0.15, 0.2) is 17.5 Å². The number of hydrogen-bond acceptors (Lipinski definition) is 3. The van der Waals surface area contributed by atoms with E-state index < -0.39 is 0 Å². The van der Waals surface area contributed by atoms with Gasteiger partial charge in [0.25, 0.3) is 0 Å². The Balaban J connectivity index is 2.07. The highest BCUT2D eigenvalue weighted by Crippen LogP contribution is 2.37. The largest absolute Gasteiger partial charge is 0.347 e. The molecule has 0 spiro atoms. The second-order valence-corrected chi connectivity index (χ2v) is 6.04. The molecular weight excluding hydrogens is 244 g/mol. The van der Waals surface area contributed by atoms with Crippen molar-refractivity contribution in [3.05, 3.63) is 22.4 Å². The average Bonchev–Trinajstić information content (AvgIpc) is 3.06. The van der Waals surface area contributed by atoms with Crippen molar-refractivity contribution in [2.75, 3.05) is 7.05 Å². The van der Waals surface area contributed by atoms with E-state index >= 15 is 0 Å². The number of likely N-dealkylation sites (N-methyl/N-ethyl adjacent to an activating group) is 1. The van der Waals surface area contributed by atoms with Gasteiger partial charge in [0.2, 0.25) is 5.91 Å². The SMILES string of the molecule is CNC(C)C(=O)NC(c1cccs1)C1CCCC1. The number of thiophene rings is 1. The minimum atomic E-state index is -0.131. The van der Waals surface area contributed by atoms with Gasteiger partial charge in [-0.25, -0.2) is 0 Å². The summed E-state index contributed by atoms with van der Waals surface area (Å²) in [6, 6.07) is 4.28. The lowest BCUT2D eigenvalue weighted by molar-refractivity contribution is -0.123. The van der Waals surface area contributed by atoms with Gasteiger partial charge in [-0.1, -0.05) is 18.9 Å². The molecule has 1 heterocycles. The van der Waals surface area contributed by atoms with E-state index in [-0.39, 0.29) is 18.0 Å². The summed E-state index contributed by atoms with van der Waals surface area (Å²) in [6.45, 7) is 1.90. The third-order valence-electron chi connectivity index (χ3n) is 3.84. The van der Waals surface area contributed by atoms with E-state index in [0.29, 0.717) is 5.92 Å². The van der Waals surface area contributed by atoms with Crippen molar-refractivity contribution < 1.29 is 4.79 Å². The fourth-order valence-electron chi connectivity index (χ4n) is 2.59. The molecule has 0 radical (unpaired) electrons. The van der Waals surface area contributed by atoms with Crippen LogP contribution in [-0.2, 0) is 4.79 Å². The van der Waals surface area contributed by atoms with Gasteiger partial charge in [-0.3, -0.25) is 4.79 Å². The first-order chi connectivity index (χ1) is 8.72. The van der Waals surface area contributed by atoms with Crippen molar-refractivity contribution in [2.24, 2.45) is 5.92 Å². The molecule has 0 aromatic carbocycles. The number of carbonyl (C=O) groups excluding carboxylic acids is 1. The van der Waals surface area contributed by atoms with Crippen molar-refractivity contribution >= 4 is 17.2 Å². The summed E-state index contributed by atoms with van der Waals surface area (Å²) in [5.41, 5.74) is 0. The van der Waals surface area contributed by atoms with Crippen LogP contribution in [0.5, 0.6) is 0 Å². The molecular formula is C14H22N2OS. The summed E-state index contributed by atoms with van der Waals surface area (Å²) in [6.07, 6.45) is 5.06. The van der Waals surface area contributed by atoms with Gasteiger partial charge in [0.05, 0.1) is 12.1 Å². The second kappa shape index (κ2) is 6.34. The Morgan fingerprint density at radius 3 is 2.72 bits per heavy atom. The fraction of sp³-hybridized carbons (Fsp3) is 0.643. The molecule has 1 amide bonds. The van der Waals surface area contributed by atoms with Gasteiger partial charge in [0, 0.05) is 4.88 Å². The Morgan fingerprint density at radius 1 is 1.44 bits per heavy atom. The van der Waals surface area contributed by atoms with Crippen molar-refractivity contribution in [1.29, 1.82) is 0 Å². The predicted octanol–water partition coefficient (Wildman–Crippen LogP) is 2.70. The van der Waals surface area contributed by atoms with E-state index in [2.05, 4.69) is 28.1 Å². The third-order valence-corrected chi connectivity index (χ3v) is 4.80. The molecule has 4 heteroatoms. The molecule has 2 rings (SSSR count). The smallest absolute Gasteiger partial charge is 0.237 e. The van der Waals surface area contributed by atoms with Gasteiger partial charge in [0.15, 0.2) is 0 Å². The van der Waals surface area contributed by atoms with E-state index in [1.165, 1.54) is 30.6 Å². The van der Waals surface area contributed by atoms with Gasteiger partial charge in [-0.2, -0.15) is 0 Å². The second-order valence-electron chi connectivity index (χ2n) is 5.06. The number of nitrogens with one attached hydrogen (secondary N) is 2. The molecule has 0 aliphatic heterocycles. The Labute approximate surface area is 113 Å². The monoisotopic (exact) mass is 266 g/mol. The van der Waals surface area contributed by atoms with Gasteiger partial charge in [0.1, 0.15) is 0 Å². The first-order valence-corrected chi connectivity index (χ1v) is 7.61. The Kier molecular flexibility index (Phi) is 4.78. The fourth-order valence-corrected chi connectivity index (χ4v) is 3.46. The van der Waals surface area contributed by atoms with Gasteiger partial charge in [-0.15, -0.1) is 11.3 Å².